The molecule has 6 heteroatoms. The first-order chi connectivity index (χ1) is 5.90. The molecule has 0 fully saturated rings. The summed E-state index contributed by atoms with van der Waals surface area (Å²) in [4.78, 5) is 10.4. The second-order valence-corrected chi connectivity index (χ2v) is 2.17. The molecular formula is C7H8F4O2. The number of rotatable bonds is 4. The molecule has 0 saturated carbocycles. The van der Waals surface area contributed by atoms with Gasteiger partial charge in [0, 0.05) is 6.08 Å². The van der Waals surface area contributed by atoms with Crippen LogP contribution in [0.15, 0.2) is 12.2 Å². The molecule has 13 heavy (non-hydrogen) atoms. The van der Waals surface area contributed by atoms with Crippen molar-refractivity contribution < 1.29 is 27.1 Å². The highest BCUT2D eigenvalue weighted by Crippen LogP contribution is 2.22. The second kappa shape index (κ2) is 4.84. The van der Waals surface area contributed by atoms with Crippen LogP contribution in [0.5, 0.6) is 0 Å². The average molecular weight is 200 g/mol. The van der Waals surface area contributed by atoms with Gasteiger partial charge in [-0.05, 0) is 6.92 Å². The van der Waals surface area contributed by atoms with E-state index < -0.39 is 24.9 Å². The van der Waals surface area contributed by atoms with Crippen LogP contribution >= 0.6 is 0 Å². The van der Waals surface area contributed by atoms with Gasteiger partial charge in [-0.1, -0.05) is 6.08 Å². The summed E-state index contributed by atoms with van der Waals surface area (Å²) in [6.45, 7) is -0.139. The molecule has 0 unspecified atom stereocenters. The van der Waals surface area contributed by atoms with Crippen LogP contribution in [0.1, 0.15) is 6.92 Å². The Bertz CT molecular complexity index is 201. The van der Waals surface area contributed by atoms with E-state index in [1.54, 1.807) is 0 Å². The summed E-state index contributed by atoms with van der Waals surface area (Å²) in [6, 6.07) is 0. The third-order valence-electron chi connectivity index (χ3n) is 1.03. The fourth-order valence-corrected chi connectivity index (χ4v) is 0.415. The van der Waals surface area contributed by atoms with Crippen LogP contribution in [0.2, 0.25) is 0 Å². The average Bonchev–Trinajstić information content (AvgIpc) is 2.01. The summed E-state index contributed by atoms with van der Waals surface area (Å²) in [5.41, 5.74) is 0. The van der Waals surface area contributed by atoms with Crippen LogP contribution in [0, 0.1) is 0 Å². The number of hydrogen-bond donors (Lipinski definition) is 0. The Labute approximate surface area is 72.2 Å². The van der Waals surface area contributed by atoms with Gasteiger partial charge in [-0.3, -0.25) is 0 Å². The highest BCUT2D eigenvalue weighted by Gasteiger charge is 2.42. The number of hydrogen-bond acceptors (Lipinski definition) is 2. The van der Waals surface area contributed by atoms with E-state index in [0.717, 1.165) is 6.08 Å². The van der Waals surface area contributed by atoms with E-state index in [4.69, 9.17) is 0 Å². The standard InChI is InChI=1S/C7H8F4O2/c1-2-3-5(12)13-4-7(10,11)6(8)9/h2-3,6H,4H2,1H3. The van der Waals surface area contributed by atoms with E-state index in [1.807, 2.05) is 0 Å². The normalized spacial score (nSPS) is 12.5. The van der Waals surface area contributed by atoms with Gasteiger partial charge in [0.1, 0.15) is 0 Å². The van der Waals surface area contributed by atoms with Gasteiger partial charge in [0.2, 0.25) is 0 Å². The maximum atomic E-state index is 12.1. The molecule has 0 saturated heterocycles. The van der Waals surface area contributed by atoms with E-state index in [0.29, 0.717) is 0 Å². The Morgan fingerprint density at radius 3 is 2.46 bits per heavy atom. The van der Waals surface area contributed by atoms with Crippen LogP contribution in [0.25, 0.3) is 0 Å². The monoisotopic (exact) mass is 200 g/mol. The zero-order chi connectivity index (χ0) is 10.5. The molecule has 0 radical (unpaired) electrons. The van der Waals surface area contributed by atoms with Gasteiger partial charge in [-0.25, -0.2) is 13.6 Å². The first-order valence-corrected chi connectivity index (χ1v) is 3.35. The van der Waals surface area contributed by atoms with Crippen molar-refractivity contribution in [3.05, 3.63) is 12.2 Å². The SMILES string of the molecule is CC=CC(=O)OCC(F)(F)C(F)F. The van der Waals surface area contributed by atoms with Crippen molar-refractivity contribution in [2.75, 3.05) is 6.61 Å². The van der Waals surface area contributed by atoms with Crippen LogP contribution in [0.4, 0.5) is 17.6 Å². The summed E-state index contributed by atoms with van der Waals surface area (Å²) >= 11 is 0. The molecule has 0 aromatic rings. The highest BCUT2D eigenvalue weighted by atomic mass is 19.3. The minimum atomic E-state index is -4.28. The van der Waals surface area contributed by atoms with Gasteiger partial charge >= 0.3 is 18.3 Å². The van der Waals surface area contributed by atoms with Crippen molar-refractivity contribution in [2.24, 2.45) is 0 Å². The predicted octanol–water partition coefficient (Wildman–Crippen LogP) is 2.01. The summed E-state index contributed by atoms with van der Waals surface area (Å²) in [7, 11) is 0. The summed E-state index contributed by atoms with van der Waals surface area (Å²) < 4.78 is 51.0. The molecule has 76 valence electrons. The van der Waals surface area contributed by atoms with E-state index in [1.165, 1.54) is 13.0 Å². The van der Waals surface area contributed by atoms with Crippen molar-refractivity contribution in [3.8, 4) is 0 Å². The highest BCUT2D eigenvalue weighted by molar-refractivity contribution is 5.81. The van der Waals surface area contributed by atoms with Gasteiger partial charge in [0.05, 0.1) is 0 Å². The summed E-state index contributed by atoms with van der Waals surface area (Å²) in [6.07, 6.45) is -1.71. The third kappa shape index (κ3) is 4.49. The van der Waals surface area contributed by atoms with Crippen molar-refractivity contribution >= 4 is 5.97 Å². The molecule has 2 nitrogen and oxygen atoms in total. The van der Waals surface area contributed by atoms with E-state index in [-0.39, 0.29) is 0 Å². The number of alkyl halides is 4. The van der Waals surface area contributed by atoms with Crippen molar-refractivity contribution in [1.82, 2.24) is 0 Å². The number of esters is 1. The second-order valence-electron chi connectivity index (χ2n) is 2.17. The van der Waals surface area contributed by atoms with Gasteiger partial charge in [-0.15, -0.1) is 0 Å². The predicted molar refractivity (Wildman–Crippen MR) is 36.7 cm³/mol. The lowest BCUT2D eigenvalue weighted by Crippen LogP contribution is -2.33. The molecule has 0 heterocycles. The topological polar surface area (TPSA) is 26.3 Å². The molecule has 0 aliphatic carbocycles. The molecule has 0 atom stereocenters. The number of ether oxygens (including phenoxy) is 1. The molecule has 0 bridgehead atoms. The molecule has 0 rings (SSSR count). The first kappa shape index (κ1) is 11.9. The van der Waals surface area contributed by atoms with Crippen LogP contribution in [-0.2, 0) is 9.53 Å². The maximum Gasteiger partial charge on any atom is 0.340 e. The number of carbonyl (C=O) groups excluding carboxylic acids is 1. The van der Waals surface area contributed by atoms with E-state index in [9.17, 15) is 22.4 Å². The minimum Gasteiger partial charge on any atom is -0.456 e. The lowest BCUT2D eigenvalue weighted by molar-refractivity contribution is -0.176. The Balaban J connectivity index is 3.95. The minimum absolute atomic E-state index is 0.863. The largest absolute Gasteiger partial charge is 0.456 e. The van der Waals surface area contributed by atoms with Crippen LogP contribution < -0.4 is 0 Å². The van der Waals surface area contributed by atoms with Crippen LogP contribution in [0.3, 0.4) is 0 Å². The molecule has 0 aromatic heterocycles. The zero-order valence-corrected chi connectivity index (χ0v) is 6.77. The Morgan fingerprint density at radius 2 is 2.08 bits per heavy atom. The Kier molecular flexibility index (Phi) is 4.44. The molecule has 0 aliphatic heterocycles. The number of carbonyl (C=O) groups is 1. The van der Waals surface area contributed by atoms with Gasteiger partial charge in [-0.2, -0.15) is 8.78 Å². The quantitative estimate of drug-likeness (QED) is 0.394. The van der Waals surface area contributed by atoms with Crippen molar-refractivity contribution in [2.45, 2.75) is 19.3 Å². The van der Waals surface area contributed by atoms with Gasteiger partial charge < -0.3 is 4.74 Å². The number of allylic oxidation sites excluding steroid dienone is 1. The molecule has 0 aromatic carbocycles. The maximum absolute atomic E-state index is 12.1. The Hall–Kier alpha value is -1.07. The fourth-order valence-electron chi connectivity index (χ4n) is 0.415. The van der Waals surface area contributed by atoms with E-state index in [2.05, 4.69) is 4.74 Å². The van der Waals surface area contributed by atoms with Crippen molar-refractivity contribution in [3.63, 3.8) is 0 Å². The smallest absolute Gasteiger partial charge is 0.340 e. The van der Waals surface area contributed by atoms with Crippen molar-refractivity contribution in [1.29, 1.82) is 0 Å². The zero-order valence-electron chi connectivity index (χ0n) is 6.77. The fraction of sp³-hybridized carbons (Fsp3) is 0.571. The molecule has 0 spiro atoms. The molecule has 0 N–H and O–H groups in total. The molecular weight excluding hydrogens is 192 g/mol. The van der Waals surface area contributed by atoms with Gasteiger partial charge in [0.25, 0.3) is 0 Å². The third-order valence-corrected chi connectivity index (χ3v) is 1.03. The summed E-state index contributed by atoms with van der Waals surface area (Å²) in [5, 5.41) is 0. The molecule has 0 aliphatic rings. The lowest BCUT2D eigenvalue weighted by atomic mass is 10.4. The number of halogens is 4. The molecule has 0 amide bonds. The lowest BCUT2D eigenvalue weighted by Gasteiger charge is -2.13. The summed E-state index contributed by atoms with van der Waals surface area (Å²) in [5.74, 6) is -5.35. The van der Waals surface area contributed by atoms with Gasteiger partial charge in [0.15, 0.2) is 6.61 Å². The Morgan fingerprint density at radius 1 is 1.54 bits per heavy atom. The van der Waals surface area contributed by atoms with Crippen LogP contribution in [-0.4, -0.2) is 24.9 Å². The first-order valence-electron chi connectivity index (χ1n) is 3.35. The van der Waals surface area contributed by atoms with E-state index >= 15 is 0 Å².